The van der Waals surface area contributed by atoms with Gasteiger partial charge in [0.25, 0.3) is 0 Å². The summed E-state index contributed by atoms with van der Waals surface area (Å²) in [5.74, 6) is 1.09. The van der Waals surface area contributed by atoms with Gasteiger partial charge in [-0.25, -0.2) is 4.98 Å². The first-order chi connectivity index (χ1) is 10.8. The summed E-state index contributed by atoms with van der Waals surface area (Å²) in [6.07, 6.45) is 2.60. The maximum absolute atomic E-state index is 5.63. The van der Waals surface area contributed by atoms with Crippen molar-refractivity contribution in [2.45, 2.75) is 32.0 Å². The van der Waals surface area contributed by atoms with Crippen LogP contribution in [-0.2, 0) is 17.8 Å². The van der Waals surface area contributed by atoms with E-state index in [1.807, 2.05) is 6.07 Å². The Bertz CT molecular complexity index is 693. The molecule has 1 aromatic heterocycles. The van der Waals surface area contributed by atoms with Gasteiger partial charge < -0.3 is 19.5 Å². The first kappa shape index (κ1) is 14.0. The van der Waals surface area contributed by atoms with Gasteiger partial charge in [0.1, 0.15) is 5.82 Å². The van der Waals surface area contributed by atoms with Gasteiger partial charge in [-0.3, -0.25) is 0 Å². The smallest absolute Gasteiger partial charge is 0.169 e. The van der Waals surface area contributed by atoms with Crippen molar-refractivity contribution < 1.29 is 4.74 Å². The highest BCUT2D eigenvalue weighted by atomic mass is 32.1. The van der Waals surface area contributed by atoms with Gasteiger partial charge in [-0.05, 0) is 37.2 Å². The van der Waals surface area contributed by atoms with Crippen LogP contribution >= 0.6 is 12.2 Å². The van der Waals surface area contributed by atoms with E-state index >= 15 is 0 Å². The molecule has 0 spiro atoms. The van der Waals surface area contributed by atoms with Crippen molar-refractivity contribution in [3.63, 3.8) is 0 Å². The van der Waals surface area contributed by atoms with Crippen molar-refractivity contribution in [1.29, 1.82) is 0 Å². The second-order valence-corrected chi connectivity index (χ2v) is 6.30. The SMILES string of the molecule is S=C(NC[C@@H]1CCCO1)N1CCn2c(nc3ccccc32)C1. The Labute approximate surface area is 135 Å². The Balaban J connectivity index is 1.43. The van der Waals surface area contributed by atoms with Crippen LogP contribution in [0, 0.1) is 0 Å². The highest BCUT2D eigenvalue weighted by Crippen LogP contribution is 2.20. The van der Waals surface area contributed by atoms with E-state index in [1.165, 1.54) is 5.52 Å². The number of hydrogen-bond donors (Lipinski definition) is 1. The summed E-state index contributed by atoms with van der Waals surface area (Å²) >= 11 is 5.54. The maximum atomic E-state index is 5.63. The van der Waals surface area contributed by atoms with E-state index in [4.69, 9.17) is 21.9 Å². The first-order valence-electron chi connectivity index (χ1n) is 7.90. The maximum Gasteiger partial charge on any atom is 0.169 e. The third-order valence-electron chi connectivity index (χ3n) is 4.45. The lowest BCUT2D eigenvalue weighted by Crippen LogP contribution is -2.45. The van der Waals surface area contributed by atoms with Gasteiger partial charge >= 0.3 is 0 Å². The van der Waals surface area contributed by atoms with Crippen molar-refractivity contribution in [3.8, 4) is 0 Å². The Kier molecular flexibility index (Phi) is 3.72. The summed E-state index contributed by atoms with van der Waals surface area (Å²) in [5.41, 5.74) is 2.29. The number of nitrogens with zero attached hydrogens (tertiary/aromatic N) is 3. The molecular formula is C16H20N4OS. The molecule has 4 rings (SSSR count). The van der Waals surface area contributed by atoms with Crippen LogP contribution in [0.25, 0.3) is 11.0 Å². The monoisotopic (exact) mass is 316 g/mol. The number of ether oxygens (including phenoxy) is 1. The predicted molar refractivity (Wildman–Crippen MR) is 89.7 cm³/mol. The van der Waals surface area contributed by atoms with Crippen LogP contribution in [0.3, 0.4) is 0 Å². The fraction of sp³-hybridized carbons (Fsp3) is 0.500. The van der Waals surface area contributed by atoms with Crippen LogP contribution in [-0.4, -0.2) is 45.4 Å². The molecule has 0 unspecified atom stereocenters. The molecule has 0 amide bonds. The van der Waals surface area contributed by atoms with E-state index in [-0.39, 0.29) is 0 Å². The number of hydrogen-bond acceptors (Lipinski definition) is 3. The van der Waals surface area contributed by atoms with Crippen molar-refractivity contribution in [2.24, 2.45) is 0 Å². The molecule has 1 aromatic carbocycles. The number of nitrogens with one attached hydrogen (secondary N) is 1. The summed E-state index contributed by atoms with van der Waals surface area (Å²) in [7, 11) is 0. The van der Waals surface area contributed by atoms with Crippen LogP contribution in [0.4, 0.5) is 0 Å². The van der Waals surface area contributed by atoms with Gasteiger partial charge in [0.15, 0.2) is 5.11 Å². The molecule has 1 N–H and O–H groups in total. The average Bonchev–Trinajstić information content (AvgIpc) is 3.19. The zero-order valence-electron chi connectivity index (χ0n) is 12.5. The first-order valence-corrected chi connectivity index (χ1v) is 8.30. The third kappa shape index (κ3) is 2.57. The molecule has 0 radical (unpaired) electrons. The standard InChI is InChI=1S/C16H20N4OS/c22-16(17-10-12-4-3-9-21-12)19-7-8-20-14-6-2-1-5-13(14)18-15(20)11-19/h1-2,5-6,12H,3-4,7-11H2,(H,17,22)/t12-/m0/s1. The van der Waals surface area contributed by atoms with E-state index in [0.717, 1.165) is 62.1 Å². The number of thiocarbonyl (C=S) groups is 1. The zero-order chi connectivity index (χ0) is 14.9. The number of fused-ring (bicyclic) bond motifs is 3. The van der Waals surface area contributed by atoms with E-state index in [2.05, 4.69) is 33.0 Å². The molecule has 5 nitrogen and oxygen atoms in total. The third-order valence-corrected chi connectivity index (χ3v) is 4.85. The summed E-state index contributed by atoms with van der Waals surface area (Å²) in [6.45, 7) is 4.31. The quantitative estimate of drug-likeness (QED) is 0.857. The molecule has 1 atom stereocenters. The minimum absolute atomic E-state index is 0.312. The molecule has 0 saturated carbocycles. The van der Waals surface area contributed by atoms with Crippen LogP contribution in [0.15, 0.2) is 24.3 Å². The van der Waals surface area contributed by atoms with Gasteiger partial charge in [-0.15, -0.1) is 0 Å². The number of benzene rings is 1. The van der Waals surface area contributed by atoms with Crippen molar-refractivity contribution >= 4 is 28.4 Å². The number of rotatable bonds is 2. The Morgan fingerprint density at radius 2 is 2.27 bits per heavy atom. The van der Waals surface area contributed by atoms with Crippen molar-refractivity contribution in [2.75, 3.05) is 19.7 Å². The predicted octanol–water partition coefficient (Wildman–Crippen LogP) is 1.91. The molecule has 2 aliphatic heterocycles. The molecule has 0 aliphatic carbocycles. The number of aromatic nitrogens is 2. The van der Waals surface area contributed by atoms with Crippen LogP contribution in [0.1, 0.15) is 18.7 Å². The number of para-hydroxylation sites is 2. The summed E-state index contributed by atoms with van der Waals surface area (Å²) in [4.78, 5) is 6.93. The summed E-state index contributed by atoms with van der Waals surface area (Å²) in [6, 6.07) is 8.30. The fourth-order valence-electron chi connectivity index (χ4n) is 3.26. The molecule has 22 heavy (non-hydrogen) atoms. The van der Waals surface area contributed by atoms with Crippen LogP contribution in [0.2, 0.25) is 0 Å². The van der Waals surface area contributed by atoms with Gasteiger partial charge in [0, 0.05) is 26.2 Å². The molecule has 6 heteroatoms. The second kappa shape index (κ2) is 5.85. The van der Waals surface area contributed by atoms with Gasteiger partial charge in [-0.2, -0.15) is 0 Å². The average molecular weight is 316 g/mol. The van der Waals surface area contributed by atoms with Crippen LogP contribution in [0.5, 0.6) is 0 Å². The Hall–Kier alpha value is -1.66. The molecule has 2 aromatic rings. The Morgan fingerprint density at radius 1 is 1.36 bits per heavy atom. The second-order valence-electron chi connectivity index (χ2n) is 5.91. The van der Waals surface area contributed by atoms with E-state index in [1.54, 1.807) is 0 Å². The summed E-state index contributed by atoms with van der Waals surface area (Å²) < 4.78 is 7.93. The molecule has 2 aliphatic rings. The molecule has 1 saturated heterocycles. The molecular weight excluding hydrogens is 296 g/mol. The minimum Gasteiger partial charge on any atom is -0.376 e. The zero-order valence-corrected chi connectivity index (χ0v) is 13.3. The Morgan fingerprint density at radius 3 is 3.14 bits per heavy atom. The lowest BCUT2D eigenvalue weighted by Gasteiger charge is -2.30. The lowest BCUT2D eigenvalue weighted by molar-refractivity contribution is 0.113. The minimum atomic E-state index is 0.312. The van der Waals surface area contributed by atoms with Gasteiger partial charge in [0.2, 0.25) is 0 Å². The molecule has 116 valence electrons. The molecule has 1 fully saturated rings. The highest BCUT2D eigenvalue weighted by molar-refractivity contribution is 7.80. The molecule has 3 heterocycles. The van der Waals surface area contributed by atoms with E-state index in [0.29, 0.717) is 6.10 Å². The topological polar surface area (TPSA) is 42.3 Å². The fourth-order valence-corrected chi connectivity index (χ4v) is 3.50. The van der Waals surface area contributed by atoms with Crippen molar-refractivity contribution in [3.05, 3.63) is 30.1 Å². The largest absolute Gasteiger partial charge is 0.376 e. The normalized spacial score (nSPS) is 21.1. The van der Waals surface area contributed by atoms with Gasteiger partial charge in [-0.1, -0.05) is 12.1 Å². The van der Waals surface area contributed by atoms with Gasteiger partial charge in [0.05, 0.1) is 23.7 Å². The number of imidazole rings is 1. The summed E-state index contributed by atoms with van der Waals surface area (Å²) in [5, 5.41) is 4.17. The lowest BCUT2D eigenvalue weighted by atomic mass is 10.2. The van der Waals surface area contributed by atoms with Crippen LogP contribution < -0.4 is 5.32 Å². The molecule has 0 bridgehead atoms. The van der Waals surface area contributed by atoms with Crippen molar-refractivity contribution in [1.82, 2.24) is 19.8 Å². The van der Waals surface area contributed by atoms with E-state index < -0.39 is 0 Å². The highest BCUT2D eigenvalue weighted by Gasteiger charge is 2.22. The van der Waals surface area contributed by atoms with E-state index in [9.17, 15) is 0 Å².